The topological polar surface area (TPSA) is 81.7 Å². The molecule has 0 aromatic heterocycles. The van der Waals surface area contributed by atoms with Gasteiger partial charge in [0.15, 0.2) is 0 Å². The van der Waals surface area contributed by atoms with Crippen molar-refractivity contribution in [1.82, 2.24) is 0 Å². The highest BCUT2D eigenvalue weighted by atomic mass is 16.6. The molecular formula is C29H50O8. The predicted octanol–water partition coefficient (Wildman–Crippen LogP) is 5.00. The van der Waals surface area contributed by atoms with Gasteiger partial charge in [-0.05, 0) is 37.5 Å². The molecular weight excluding hydrogens is 476 g/mol. The van der Waals surface area contributed by atoms with Crippen LogP contribution in [0.5, 0.6) is 5.75 Å². The highest BCUT2D eigenvalue weighted by molar-refractivity contribution is 5.69. The van der Waals surface area contributed by atoms with Gasteiger partial charge in [-0.3, -0.25) is 4.79 Å². The standard InChI is InChI=1S/C29H50O8/c1-3-5-6-7-8-9-10-27-11-13-28(14-12-27)37-26-25-35-24-23-34-22-21-33-20-19-32-18-17-31-16-15-29(30)36-4-2/h11-14H,3-10,15-26H2,1-2H3. The molecule has 0 aliphatic heterocycles. The molecule has 0 saturated heterocycles. The minimum absolute atomic E-state index is 0.241. The van der Waals surface area contributed by atoms with Crippen molar-refractivity contribution in [2.24, 2.45) is 0 Å². The highest BCUT2D eigenvalue weighted by Crippen LogP contribution is 2.15. The second-order valence-electron chi connectivity index (χ2n) is 8.63. The molecule has 1 rings (SSSR count). The number of carbonyl (C=O) groups excluding carboxylic acids is 1. The number of rotatable bonds is 27. The zero-order valence-corrected chi connectivity index (χ0v) is 23.2. The molecule has 0 bridgehead atoms. The van der Waals surface area contributed by atoms with Crippen LogP contribution in [0.3, 0.4) is 0 Å². The van der Waals surface area contributed by atoms with Gasteiger partial charge in [0.2, 0.25) is 0 Å². The molecule has 0 amide bonds. The summed E-state index contributed by atoms with van der Waals surface area (Å²) in [6, 6.07) is 8.41. The second kappa shape index (κ2) is 25.9. The van der Waals surface area contributed by atoms with Crippen LogP contribution in [0.15, 0.2) is 24.3 Å². The average molecular weight is 527 g/mol. The van der Waals surface area contributed by atoms with Gasteiger partial charge in [0.25, 0.3) is 0 Å². The molecule has 0 heterocycles. The normalized spacial score (nSPS) is 11.1. The maximum Gasteiger partial charge on any atom is 0.308 e. The lowest BCUT2D eigenvalue weighted by atomic mass is 10.0. The van der Waals surface area contributed by atoms with Crippen molar-refractivity contribution in [2.45, 2.75) is 65.2 Å². The van der Waals surface area contributed by atoms with Gasteiger partial charge in [-0.15, -0.1) is 0 Å². The summed E-state index contributed by atoms with van der Waals surface area (Å²) >= 11 is 0. The van der Waals surface area contributed by atoms with Crippen molar-refractivity contribution in [2.75, 3.05) is 79.3 Å². The summed E-state index contributed by atoms with van der Waals surface area (Å²) in [5.41, 5.74) is 1.38. The van der Waals surface area contributed by atoms with E-state index in [1.54, 1.807) is 6.92 Å². The molecule has 0 radical (unpaired) electrons. The highest BCUT2D eigenvalue weighted by Gasteiger charge is 2.01. The summed E-state index contributed by atoms with van der Waals surface area (Å²) in [5.74, 6) is 0.643. The first-order valence-electron chi connectivity index (χ1n) is 14.0. The van der Waals surface area contributed by atoms with Crippen molar-refractivity contribution in [3.63, 3.8) is 0 Å². The lowest BCUT2D eigenvalue weighted by Gasteiger charge is -2.09. The minimum Gasteiger partial charge on any atom is -0.491 e. The summed E-state index contributed by atoms with van der Waals surface area (Å²) in [6.45, 7) is 9.81. The average Bonchev–Trinajstić information content (AvgIpc) is 2.91. The molecule has 0 unspecified atom stereocenters. The summed E-state index contributed by atoms with van der Waals surface area (Å²) in [6.07, 6.45) is 9.36. The number of aryl methyl sites for hydroxylation is 1. The van der Waals surface area contributed by atoms with Crippen molar-refractivity contribution in [3.8, 4) is 5.75 Å². The van der Waals surface area contributed by atoms with E-state index in [-0.39, 0.29) is 12.4 Å². The van der Waals surface area contributed by atoms with Gasteiger partial charge >= 0.3 is 5.97 Å². The van der Waals surface area contributed by atoms with Crippen molar-refractivity contribution in [1.29, 1.82) is 0 Å². The Kier molecular flexibility index (Phi) is 23.3. The molecule has 0 N–H and O–H groups in total. The first-order valence-corrected chi connectivity index (χ1v) is 14.0. The van der Waals surface area contributed by atoms with Gasteiger partial charge in [0, 0.05) is 0 Å². The van der Waals surface area contributed by atoms with Gasteiger partial charge in [-0.2, -0.15) is 0 Å². The zero-order chi connectivity index (χ0) is 26.7. The third-order valence-corrected chi connectivity index (χ3v) is 5.48. The summed E-state index contributed by atoms with van der Waals surface area (Å²) in [4.78, 5) is 11.1. The van der Waals surface area contributed by atoms with Crippen LogP contribution in [0.1, 0.15) is 64.4 Å². The van der Waals surface area contributed by atoms with E-state index in [9.17, 15) is 4.79 Å². The van der Waals surface area contributed by atoms with E-state index in [0.29, 0.717) is 79.3 Å². The molecule has 214 valence electrons. The second-order valence-corrected chi connectivity index (χ2v) is 8.63. The van der Waals surface area contributed by atoms with Crippen molar-refractivity contribution in [3.05, 3.63) is 29.8 Å². The Bertz CT molecular complexity index is 623. The molecule has 0 saturated carbocycles. The van der Waals surface area contributed by atoms with Gasteiger partial charge < -0.3 is 33.2 Å². The number of unbranched alkanes of at least 4 members (excludes halogenated alkanes) is 5. The third kappa shape index (κ3) is 22.0. The Morgan fingerprint density at radius 2 is 1.08 bits per heavy atom. The first-order chi connectivity index (χ1) is 18.3. The van der Waals surface area contributed by atoms with Crippen LogP contribution in [-0.4, -0.2) is 85.3 Å². The van der Waals surface area contributed by atoms with Crippen LogP contribution >= 0.6 is 0 Å². The molecule has 0 aliphatic carbocycles. The van der Waals surface area contributed by atoms with E-state index in [1.807, 2.05) is 12.1 Å². The maximum atomic E-state index is 11.1. The Balaban J connectivity index is 1.80. The number of esters is 1. The molecule has 0 atom stereocenters. The van der Waals surface area contributed by atoms with E-state index in [2.05, 4.69) is 19.1 Å². The number of carbonyl (C=O) groups is 1. The van der Waals surface area contributed by atoms with Crippen LogP contribution < -0.4 is 4.74 Å². The van der Waals surface area contributed by atoms with E-state index < -0.39 is 0 Å². The fourth-order valence-corrected chi connectivity index (χ4v) is 3.45. The molecule has 8 heteroatoms. The molecule has 1 aromatic carbocycles. The lowest BCUT2D eigenvalue weighted by molar-refractivity contribution is -0.144. The number of benzene rings is 1. The van der Waals surface area contributed by atoms with Crippen molar-refractivity contribution < 1.29 is 38.0 Å². The fourth-order valence-electron chi connectivity index (χ4n) is 3.45. The van der Waals surface area contributed by atoms with Gasteiger partial charge in [0.05, 0.1) is 79.1 Å². The van der Waals surface area contributed by atoms with Crippen LogP contribution in [0.25, 0.3) is 0 Å². The van der Waals surface area contributed by atoms with E-state index in [4.69, 9.17) is 33.2 Å². The molecule has 37 heavy (non-hydrogen) atoms. The minimum atomic E-state index is -0.241. The predicted molar refractivity (Wildman–Crippen MR) is 144 cm³/mol. The first kappa shape index (κ1) is 33.3. The lowest BCUT2D eigenvalue weighted by Crippen LogP contribution is -2.14. The quantitative estimate of drug-likeness (QED) is 0.117. The van der Waals surface area contributed by atoms with Gasteiger partial charge in [-0.25, -0.2) is 0 Å². The molecule has 0 spiro atoms. The van der Waals surface area contributed by atoms with Crippen LogP contribution in [0.2, 0.25) is 0 Å². The van der Waals surface area contributed by atoms with Crippen LogP contribution in [0.4, 0.5) is 0 Å². The summed E-state index contributed by atoms with van der Waals surface area (Å²) < 4.78 is 37.8. The number of ether oxygens (including phenoxy) is 7. The summed E-state index contributed by atoms with van der Waals surface area (Å²) in [7, 11) is 0. The van der Waals surface area contributed by atoms with E-state index >= 15 is 0 Å². The smallest absolute Gasteiger partial charge is 0.308 e. The number of hydrogen-bond donors (Lipinski definition) is 0. The Morgan fingerprint density at radius 3 is 1.62 bits per heavy atom. The van der Waals surface area contributed by atoms with E-state index in [1.165, 1.54) is 44.1 Å². The monoisotopic (exact) mass is 526 g/mol. The molecule has 1 aromatic rings. The zero-order valence-electron chi connectivity index (χ0n) is 23.2. The third-order valence-electron chi connectivity index (χ3n) is 5.48. The van der Waals surface area contributed by atoms with E-state index in [0.717, 1.165) is 12.2 Å². The number of hydrogen-bond acceptors (Lipinski definition) is 8. The largest absolute Gasteiger partial charge is 0.491 e. The van der Waals surface area contributed by atoms with Crippen LogP contribution in [0, 0.1) is 0 Å². The Labute approximate surface area is 224 Å². The molecule has 0 fully saturated rings. The molecule has 0 aliphatic rings. The van der Waals surface area contributed by atoms with Crippen molar-refractivity contribution >= 4 is 5.97 Å². The SMILES string of the molecule is CCCCCCCCc1ccc(OCCOCCOCCOCCOCCOCCC(=O)OCC)cc1. The van der Waals surface area contributed by atoms with Gasteiger partial charge in [0.1, 0.15) is 12.4 Å². The van der Waals surface area contributed by atoms with Crippen LogP contribution in [-0.2, 0) is 39.6 Å². The fraction of sp³-hybridized carbons (Fsp3) is 0.759. The summed E-state index contributed by atoms with van der Waals surface area (Å²) in [5, 5.41) is 0. The molecule has 8 nitrogen and oxygen atoms in total. The Morgan fingerprint density at radius 1 is 0.595 bits per heavy atom. The maximum absolute atomic E-state index is 11.1. The van der Waals surface area contributed by atoms with Gasteiger partial charge in [-0.1, -0.05) is 51.2 Å². The Hall–Kier alpha value is -1.71.